The number of hydrogen-bond acceptors (Lipinski definition) is 3. The molecule has 1 aromatic heterocycles. The van der Waals surface area contributed by atoms with E-state index in [0.29, 0.717) is 12.1 Å². The zero-order valence-corrected chi connectivity index (χ0v) is 12.8. The molecule has 0 amide bonds. The predicted octanol–water partition coefficient (Wildman–Crippen LogP) is 2.82. The van der Waals surface area contributed by atoms with Gasteiger partial charge in [-0.2, -0.15) is 5.10 Å². The van der Waals surface area contributed by atoms with Crippen molar-refractivity contribution in [2.45, 2.75) is 65.0 Å². The van der Waals surface area contributed by atoms with Gasteiger partial charge < -0.3 is 5.32 Å². The highest BCUT2D eigenvalue weighted by Crippen LogP contribution is 2.31. The van der Waals surface area contributed by atoms with Crippen LogP contribution in [-0.2, 0) is 6.42 Å². The number of nitrogens with one attached hydrogen (secondary N) is 1. The van der Waals surface area contributed by atoms with Gasteiger partial charge in [-0.15, -0.1) is 0 Å². The van der Waals surface area contributed by atoms with Gasteiger partial charge in [-0.05, 0) is 45.6 Å². The van der Waals surface area contributed by atoms with Crippen molar-refractivity contribution in [3.05, 3.63) is 12.2 Å². The number of nitrogens with zero attached hydrogens (tertiary/aromatic N) is 3. The van der Waals surface area contributed by atoms with Crippen LogP contribution in [0.1, 0.15) is 58.3 Å². The van der Waals surface area contributed by atoms with E-state index in [1.54, 1.807) is 6.33 Å². The number of likely N-dealkylation sites (N-methyl/N-ethyl adjacent to an activating group) is 1. The van der Waals surface area contributed by atoms with E-state index >= 15 is 0 Å². The lowest BCUT2D eigenvalue weighted by molar-refractivity contribution is 0.224. The predicted molar refractivity (Wildman–Crippen MR) is 78.1 cm³/mol. The summed E-state index contributed by atoms with van der Waals surface area (Å²) in [5.41, 5.74) is 0. The fourth-order valence-electron chi connectivity index (χ4n) is 3.40. The molecule has 1 aliphatic carbocycles. The van der Waals surface area contributed by atoms with Crippen molar-refractivity contribution < 1.29 is 0 Å². The van der Waals surface area contributed by atoms with Gasteiger partial charge in [0.2, 0.25) is 0 Å². The van der Waals surface area contributed by atoms with Crippen LogP contribution in [-0.4, -0.2) is 27.9 Å². The zero-order chi connectivity index (χ0) is 13.8. The van der Waals surface area contributed by atoms with Crippen LogP contribution in [0.3, 0.4) is 0 Å². The summed E-state index contributed by atoms with van der Waals surface area (Å²) >= 11 is 0. The second-order valence-corrected chi connectivity index (χ2v) is 6.35. The molecule has 3 unspecified atom stereocenters. The summed E-state index contributed by atoms with van der Waals surface area (Å²) in [4.78, 5) is 4.45. The maximum absolute atomic E-state index is 4.45. The first-order valence-corrected chi connectivity index (χ1v) is 7.67. The van der Waals surface area contributed by atoms with Crippen LogP contribution in [0.25, 0.3) is 0 Å². The Labute approximate surface area is 117 Å². The van der Waals surface area contributed by atoms with E-state index in [-0.39, 0.29) is 0 Å². The Morgan fingerprint density at radius 1 is 1.42 bits per heavy atom. The fraction of sp³-hybridized carbons (Fsp3) is 0.867. The molecule has 4 nitrogen and oxygen atoms in total. The molecule has 0 bridgehead atoms. The first-order valence-electron chi connectivity index (χ1n) is 7.67. The second-order valence-electron chi connectivity index (χ2n) is 6.35. The Morgan fingerprint density at radius 2 is 2.21 bits per heavy atom. The minimum absolute atomic E-state index is 0.389. The molecule has 1 saturated carbocycles. The highest BCUT2D eigenvalue weighted by molar-refractivity contribution is 4.94. The van der Waals surface area contributed by atoms with E-state index in [1.807, 2.05) is 0 Å². The van der Waals surface area contributed by atoms with Crippen molar-refractivity contribution in [2.24, 2.45) is 11.8 Å². The van der Waals surface area contributed by atoms with Gasteiger partial charge in [-0.25, -0.2) is 9.67 Å². The molecule has 1 N–H and O–H groups in total. The molecule has 4 heteroatoms. The van der Waals surface area contributed by atoms with Crippen LogP contribution in [0.4, 0.5) is 0 Å². The van der Waals surface area contributed by atoms with E-state index in [4.69, 9.17) is 0 Å². The molecule has 1 heterocycles. The Bertz CT molecular complexity index is 385. The van der Waals surface area contributed by atoms with Crippen LogP contribution >= 0.6 is 0 Å². The molecule has 1 fully saturated rings. The largest absolute Gasteiger partial charge is 0.316 e. The Hall–Kier alpha value is -0.900. The van der Waals surface area contributed by atoms with Crippen molar-refractivity contribution in [1.29, 1.82) is 0 Å². The third-order valence-electron chi connectivity index (χ3n) is 4.46. The zero-order valence-electron chi connectivity index (χ0n) is 12.8. The Morgan fingerprint density at radius 3 is 2.84 bits per heavy atom. The van der Waals surface area contributed by atoms with E-state index in [9.17, 15) is 0 Å². The summed E-state index contributed by atoms with van der Waals surface area (Å²) in [5, 5.41) is 7.86. The fourth-order valence-corrected chi connectivity index (χ4v) is 3.40. The molecule has 1 aliphatic rings. The lowest BCUT2D eigenvalue weighted by atomic mass is 9.77. The molecule has 0 spiro atoms. The van der Waals surface area contributed by atoms with Crippen LogP contribution in [0, 0.1) is 11.8 Å². The topological polar surface area (TPSA) is 42.7 Å². The minimum atomic E-state index is 0.389. The van der Waals surface area contributed by atoms with Gasteiger partial charge in [0.05, 0.1) is 0 Å². The van der Waals surface area contributed by atoms with E-state index < -0.39 is 0 Å². The number of rotatable bonds is 5. The minimum Gasteiger partial charge on any atom is -0.316 e. The molecule has 0 aliphatic heterocycles. The smallest absolute Gasteiger partial charge is 0.138 e. The summed E-state index contributed by atoms with van der Waals surface area (Å²) in [5.74, 6) is 2.77. The molecule has 0 aromatic carbocycles. The Balaban J connectivity index is 2.04. The highest BCUT2D eigenvalue weighted by atomic mass is 15.3. The van der Waals surface area contributed by atoms with E-state index in [1.165, 1.54) is 25.7 Å². The van der Waals surface area contributed by atoms with Gasteiger partial charge >= 0.3 is 0 Å². The first kappa shape index (κ1) is 14.5. The SMILES string of the molecule is CNC(Cc1ncnn1C(C)C)C1CCCC(C)C1. The van der Waals surface area contributed by atoms with Crippen molar-refractivity contribution in [1.82, 2.24) is 20.1 Å². The van der Waals surface area contributed by atoms with Crippen molar-refractivity contribution in [3.8, 4) is 0 Å². The standard InChI is InChI=1S/C15H28N4/c1-11(2)19-15(17-10-18-19)9-14(16-4)13-7-5-6-12(3)8-13/h10-14,16H,5-9H2,1-4H3. The summed E-state index contributed by atoms with van der Waals surface area (Å²) in [6, 6.07) is 0.921. The molecule has 2 rings (SSSR count). The molecule has 3 atom stereocenters. The first-order chi connectivity index (χ1) is 9.11. The highest BCUT2D eigenvalue weighted by Gasteiger charge is 2.27. The van der Waals surface area contributed by atoms with Crippen LogP contribution in [0.15, 0.2) is 6.33 Å². The monoisotopic (exact) mass is 264 g/mol. The van der Waals surface area contributed by atoms with Gasteiger partial charge in [-0.1, -0.05) is 19.8 Å². The summed E-state index contributed by atoms with van der Waals surface area (Å²) < 4.78 is 2.05. The third kappa shape index (κ3) is 3.56. The molecular weight excluding hydrogens is 236 g/mol. The van der Waals surface area contributed by atoms with Gasteiger partial charge in [0, 0.05) is 18.5 Å². The summed E-state index contributed by atoms with van der Waals surface area (Å²) in [7, 11) is 2.08. The van der Waals surface area contributed by atoms with Crippen molar-refractivity contribution >= 4 is 0 Å². The van der Waals surface area contributed by atoms with E-state index in [0.717, 1.165) is 24.1 Å². The molecule has 0 saturated heterocycles. The Kier molecular flexibility index (Phi) is 4.97. The van der Waals surface area contributed by atoms with Crippen LogP contribution in [0.5, 0.6) is 0 Å². The quantitative estimate of drug-likeness (QED) is 0.889. The normalized spacial score (nSPS) is 25.7. The maximum Gasteiger partial charge on any atom is 0.138 e. The molecule has 0 radical (unpaired) electrons. The summed E-state index contributed by atoms with van der Waals surface area (Å²) in [6.07, 6.45) is 8.15. The lowest BCUT2D eigenvalue weighted by Crippen LogP contribution is -2.38. The number of hydrogen-bond donors (Lipinski definition) is 1. The molecular formula is C15H28N4. The van der Waals surface area contributed by atoms with Gasteiger partial charge in [0.1, 0.15) is 12.2 Å². The van der Waals surface area contributed by atoms with Crippen molar-refractivity contribution in [2.75, 3.05) is 7.05 Å². The van der Waals surface area contributed by atoms with Gasteiger partial charge in [0.25, 0.3) is 0 Å². The third-order valence-corrected chi connectivity index (χ3v) is 4.46. The second kappa shape index (κ2) is 6.51. The lowest BCUT2D eigenvalue weighted by Gasteiger charge is -2.33. The van der Waals surface area contributed by atoms with Gasteiger partial charge in [0.15, 0.2) is 0 Å². The molecule has 108 valence electrons. The molecule has 19 heavy (non-hydrogen) atoms. The maximum atomic E-state index is 4.45. The van der Waals surface area contributed by atoms with E-state index in [2.05, 4.69) is 47.9 Å². The average Bonchev–Trinajstić information content (AvgIpc) is 2.84. The average molecular weight is 264 g/mol. The van der Waals surface area contributed by atoms with Crippen molar-refractivity contribution in [3.63, 3.8) is 0 Å². The van der Waals surface area contributed by atoms with Gasteiger partial charge in [-0.3, -0.25) is 0 Å². The van der Waals surface area contributed by atoms with Crippen LogP contribution < -0.4 is 5.32 Å². The molecule has 1 aromatic rings. The number of aromatic nitrogens is 3. The van der Waals surface area contributed by atoms with Crippen LogP contribution in [0.2, 0.25) is 0 Å². The summed E-state index contributed by atoms with van der Waals surface area (Å²) in [6.45, 7) is 6.71.